The van der Waals surface area contributed by atoms with Gasteiger partial charge in [-0.15, -0.1) is 0 Å². The average Bonchev–Trinajstić information content (AvgIpc) is 2.76. The van der Waals surface area contributed by atoms with E-state index in [1.807, 2.05) is 0 Å². The summed E-state index contributed by atoms with van der Waals surface area (Å²) in [5, 5.41) is 23.1. The van der Waals surface area contributed by atoms with Crippen molar-refractivity contribution in [2.45, 2.75) is 67.9 Å². The minimum atomic E-state index is -1.71. The zero-order valence-electron chi connectivity index (χ0n) is 23.3. The third-order valence-corrected chi connectivity index (χ3v) is 5.25. The van der Waals surface area contributed by atoms with Crippen molar-refractivity contribution in [3.8, 4) is 0 Å². The Kier molecular flexibility index (Phi) is 11.7. The number of carbonyl (C=O) groups excluding carboxylic acids is 6. The van der Waals surface area contributed by atoms with Gasteiger partial charge >= 0.3 is 12.1 Å². The van der Waals surface area contributed by atoms with Gasteiger partial charge in [0.2, 0.25) is 29.5 Å². The number of ether oxygens (including phenoxy) is 1. The highest BCUT2D eigenvalue weighted by Gasteiger charge is 2.39. The van der Waals surface area contributed by atoms with Crippen LogP contribution in [0.1, 0.15) is 62.3 Å². The van der Waals surface area contributed by atoms with Crippen LogP contribution in [-0.2, 0) is 33.5 Å². The summed E-state index contributed by atoms with van der Waals surface area (Å²) in [6.07, 6.45) is -0.749. The molecule has 0 saturated heterocycles. The average molecular weight is 545 g/mol. The monoisotopic (exact) mass is 544 g/mol. The molecule has 38 heavy (non-hydrogen) atoms. The summed E-state index contributed by atoms with van der Waals surface area (Å²) < 4.78 is 5.04. The summed E-state index contributed by atoms with van der Waals surface area (Å²) in [5.41, 5.74) is -5.63. The van der Waals surface area contributed by atoms with Crippen LogP contribution in [0.5, 0.6) is 0 Å². The molecule has 0 aromatic rings. The van der Waals surface area contributed by atoms with Crippen LogP contribution in [0.25, 0.3) is 0 Å². The number of alkyl carbamates (subject to hydrolysis) is 1. The van der Waals surface area contributed by atoms with Crippen LogP contribution < -0.4 is 31.9 Å². The van der Waals surface area contributed by atoms with Gasteiger partial charge in [0.25, 0.3) is 0 Å². The van der Waals surface area contributed by atoms with E-state index in [9.17, 15) is 33.6 Å². The zero-order valence-corrected chi connectivity index (χ0v) is 23.3. The first-order valence-electron chi connectivity index (χ1n) is 11.7. The van der Waals surface area contributed by atoms with Crippen LogP contribution in [0.15, 0.2) is 0 Å². The predicted molar refractivity (Wildman–Crippen MR) is 134 cm³/mol. The Hall–Kier alpha value is -3.91. The lowest BCUT2D eigenvalue weighted by atomic mass is 9.90. The van der Waals surface area contributed by atoms with Crippen LogP contribution in [0.3, 0.4) is 0 Å². The van der Waals surface area contributed by atoms with Gasteiger partial charge in [-0.05, 0) is 62.3 Å². The minimum absolute atomic E-state index is 0.279. The first kappa shape index (κ1) is 34.1. The molecule has 7 N–H and O–H groups in total. The lowest BCUT2D eigenvalue weighted by Crippen LogP contribution is -2.55. The highest BCUT2D eigenvalue weighted by molar-refractivity contribution is 6.06. The predicted octanol–water partition coefficient (Wildman–Crippen LogP) is -0.872. The van der Waals surface area contributed by atoms with Crippen LogP contribution in [0.2, 0.25) is 0 Å². The fourth-order valence-electron chi connectivity index (χ4n) is 2.33. The maximum atomic E-state index is 12.5. The molecule has 0 saturated carbocycles. The van der Waals surface area contributed by atoms with Crippen molar-refractivity contribution in [2.24, 2.45) is 16.2 Å². The molecular formula is C23H40N6O9. The second-order valence-corrected chi connectivity index (χ2v) is 10.9. The number of rotatable bonds is 12. The summed E-state index contributed by atoms with van der Waals surface area (Å²) in [4.78, 5) is 84.5. The van der Waals surface area contributed by atoms with E-state index < -0.39 is 76.8 Å². The first-order chi connectivity index (χ1) is 17.1. The topological polar surface area (TPSA) is 221 Å². The van der Waals surface area contributed by atoms with Gasteiger partial charge in [0.15, 0.2) is 0 Å². The van der Waals surface area contributed by atoms with E-state index in [0.717, 1.165) is 0 Å². The number of hydrogen-bond acceptors (Lipinski definition) is 8. The Morgan fingerprint density at radius 2 is 0.763 bits per heavy atom. The Morgan fingerprint density at radius 1 is 0.500 bits per heavy atom. The van der Waals surface area contributed by atoms with Crippen molar-refractivity contribution < 1.29 is 43.4 Å². The molecule has 0 aliphatic carbocycles. The highest BCUT2D eigenvalue weighted by atomic mass is 16.6. The number of carbonyl (C=O) groups is 7. The molecule has 0 rings (SSSR count). The van der Waals surface area contributed by atoms with Gasteiger partial charge < -0.3 is 41.7 Å². The van der Waals surface area contributed by atoms with Crippen molar-refractivity contribution in [1.29, 1.82) is 0 Å². The van der Waals surface area contributed by atoms with E-state index >= 15 is 0 Å². The third-order valence-electron chi connectivity index (χ3n) is 5.25. The number of hydrogen-bond donors (Lipinski definition) is 7. The van der Waals surface area contributed by atoms with E-state index in [4.69, 9.17) is 9.84 Å². The molecule has 0 bridgehead atoms. The maximum Gasteiger partial charge on any atom is 0.409 e. The van der Waals surface area contributed by atoms with Gasteiger partial charge in [0.1, 0.15) is 21.8 Å². The van der Waals surface area contributed by atoms with Gasteiger partial charge in [-0.2, -0.15) is 0 Å². The van der Waals surface area contributed by atoms with E-state index in [-0.39, 0.29) is 6.67 Å². The number of nitrogens with one attached hydrogen (secondary N) is 6. The number of carboxylic acid groups (broad SMARTS) is 1. The van der Waals surface area contributed by atoms with Crippen molar-refractivity contribution >= 4 is 41.6 Å². The van der Waals surface area contributed by atoms with Crippen molar-refractivity contribution in [3.63, 3.8) is 0 Å². The van der Waals surface area contributed by atoms with Gasteiger partial charge in [-0.25, -0.2) is 4.79 Å². The summed E-state index contributed by atoms with van der Waals surface area (Å²) >= 11 is 0. The fraction of sp³-hybridized carbons (Fsp3) is 0.696. The maximum absolute atomic E-state index is 12.5. The van der Waals surface area contributed by atoms with Gasteiger partial charge in [0, 0.05) is 0 Å². The molecule has 15 nitrogen and oxygen atoms in total. The SMILES string of the molecule is CC(C)(C)OC(=O)NCNC(=O)C(C)(C)C(=O)NCNC(=O)C(C)(C)C(=O)NCNC(=O)C(C)(C)C(=O)O. The first-order valence-corrected chi connectivity index (χ1v) is 11.7. The number of carboxylic acids is 1. The highest BCUT2D eigenvalue weighted by Crippen LogP contribution is 2.17. The Balaban J connectivity index is 4.69. The van der Waals surface area contributed by atoms with Crippen molar-refractivity contribution in [2.75, 3.05) is 20.0 Å². The van der Waals surface area contributed by atoms with E-state index in [0.29, 0.717) is 0 Å². The third kappa shape index (κ3) is 10.2. The molecule has 15 heteroatoms. The van der Waals surface area contributed by atoms with Crippen LogP contribution in [0.4, 0.5) is 4.79 Å². The largest absolute Gasteiger partial charge is 0.480 e. The number of amides is 6. The standard InChI is InChI=1S/C23H40N6O9/c1-20(2,3)38-19(37)29-12-28-16(33)22(6,7)15(32)25-10-24-13(30)21(4,5)14(31)26-11-27-17(34)23(8,9)18(35)36/h10-12H2,1-9H3,(H,24,30)(H,25,32)(H,26,31)(H,27,34)(H,28,33)(H,29,37)(H,35,36). The Morgan fingerprint density at radius 3 is 1.03 bits per heavy atom. The molecule has 0 aliphatic heterocycles. The van der Waals surface area contributed by atoms with Crippen molar-refractivity contribution in [3.05, 3.63) is 0 Å². The molecule has 0 radical (unpaired) electrons. The molecule has 0 aliphatic rings. The molecule has 0 aromatic heterocycles. The second-order valence-electron chi connectivity index (χ2n) is 10.9. The van der Waals surface area contributed by atoms with Gasteiger partial charge in [-0.1, -0.05) is 0 Å². The van der Waals surface area contributed by atoms with Crippen LogP contribution >= 0.6 is 0 Å². The fourth-order valence-corrected chi connectivity index (χ4v) is 2.33. The zero-order chi connectivity index (χ0) is 30.1. The lowest BCUT2D eigenvalue weighted by Gasteiger charge is -2.25. The Labute approximate surface area is 221 Å². The molecule has 0 aromatic carbocycles. The molecule has 0 fully saturated rings. The molecule has 216 valence electrons. The quantitative estimate of drug-likeness (QED) is 0.120. The van der Waals surface area contributed by atoms with Gasteiger partial charge in [-0.3, -0.25) is 28.8 Å². The number of aliphatic carboxylic acids is 1. The summed E-state index contributed by atoms with van der Waals surface area (Å²) in [6, 6.07) is 0. The summed E-state index contributed by atoms with van der Waals surface area (Å²) in [7, 11) is 0. The normalized spacial score (nSPS) is 11.9. The van der Waals surface area contributed by atoms with Crippen LogP contribution in [-0.4, -0.2) is 72.3 Å². The van der Waals surface area contributed by atoms with Crippen LogP contribution in [0, 0.1) is 16.2 Å². The molecular weight excluding hydrogens is 504 g/mol. The van der Waals surface area contributed by atoms with Crippen molar-refractivity contribution in [1.82, 2.24) is 31.9 Å². The smallest absolute Gasteiger partial charge is 0.409 e. The van der Waals surface area contributed by atoms with Gasteiger partial charge in [0.05, 0.1) is 20.0 Å². The molecule has 0 heterocycles. The second kappa shape index (κ2) is 13.1. The minimum Gasteiger partial charge on any atom is -0.480 e. The molecule has 0 atom stereocenters. The summed E-state index contributed by atoms with van der Waals surface area (Å²) in [6.45, 7) is 11.6. The molecule has 0 unspecified atom stereocenters. The molecule has 0 spiro atoms. The Bertz CT molecular complexity index is 952. The van der Waals surface area contributed by atoms with E-state index in [1.54, 1.807) is 20.8 Å². The molecule has 6 amide bonds. The lowest BCUT2D eigenvalue weighted by molar-refractivity contribution is -0.153. The van der Waals surface area contributed by atoms with E-state index in [2.05, 4.69) is 31.9 Å². The summed E-state index contributed by atoms with van der Waals surface area (Å²) in [5.74, 6) is -5.16. The van der Waals surface area contributed by atoms with E-state index in [1.165, 1.54) is 41.5 Å².